The Morgan fingerprint density at radius 2 is 1.53 bits per heavy atom. The fourth-order valence-corrected chi connectivity index (χ4v) is 1.92. The van der Waals surface area contributed by atoms with Crippen LogP contribution in [0.2, 0.25) is 0 Å². The third kappa shape index (κ3) is 10.2. The van der Waals surface area contributed by atoms with Gasteiger partial charge in [-0.1, -0.05) is 40.5 Å². The summed E-state index contributed by atoms with van der Waals surface area (Å²) in [6, 6.07) is 0.605. The number of rotatable bonds is 10. The van der Waals surface area contributed by atoms with Crippen LogP contribution in [0.5, 0.6) is 0 Å². The summed E-state index contributed by atoms with van der Waals surface area (Å²) in [6.45, 7) is 12.3. The molecule has 0 heterocycles. The van der Waals surface area contributed by atoms with Crippen molar-refractivity contribution in [3.63, 3.8) is 0 Å². The molecule has 0 radical (unpaired) electrons. The van der Waals surface area contributed by atoms with Crippen LogP contribution in [0.15, 0.2) is 0 Å². The second-order valence-corrected chi connectivity index (χ2v) is 4.76. The highest BCUT2D eigenvalue weighted by atomic mass is 15.0. The lowest BCUT2D eigenvalue weighted by Crippen LogP contribution is -2.33. The summed E-state index contributed by atoms with van der Waals surface area (Å²) in [7, 11) is 0. The minimum absolute atomic E-state index is 0.605. The Labute approximate surface area is 96.2 Å². The summed E-state index contributed by atoms with van der Waals surface area (Å²) in [6.07, 6.45) is 5.38. The lowest BCUT2D eigenvalue weighted by molar-refractivity contribution is 0.407. The van der Waals surface area contributed by atoms with E-state index in [1.54, 1.807) is 0 Å². The molecule has 0 aliphatic rings. The van der Waals surface area contributed by atoms with Crippen LogP contribution in [0.4, 0.5) is 0 Å². The largest absolute Gasteiger partial charge is 0.315 e. The standard InChI is InChI=1S/C13H30N2/c1-5-7-13(8-6-2)11-14-9-10-15-12(3)4/h12-15H,5-11H2,1-4H3. The predicted octanol–water partition coefficient (Wildman–Crippen LogP) is 2.79. The highest BCUT2D eigenvalue weighted by molar-refractivity contribution is 4.63. The summed E-state index contributed by atoms with van der Waals surface area (Å²) in [5.41, 5.74) is 0. The molecule has 0 rings (SSSR count). The van der Waals surface area contributed by atoms with E-state index >= 15 is 0 Å². The maximum Gasteiger partial charge on any atom is 0.00790 e. The summed E-state index contributed by atoms with van der Waals surface area (Å²) < 4.78 is 0. The zero-order valence-electron chi connectivity index (χ0n) is 11.1. The Balaban J connectivity index is 3.36. The first kappa shape index (κ1) is 14.9. The first-order valence-corrected chi connectivity index (χ1v) is 6.64. The van der Waals surface area contributed by atoms with Crippen LogP contribution < -0.4 is 10.6 Å². The van der Waals surface area contributed by atoms with Crippen molar-refractivity contribution in [2.75, 3.05) is 19.6 Å². The van der Waals surface area contributed by atoms with Crippen LogP contribution >= 0.6 is 0 Å². The number of hydrogen-bond donors (Lipinski definition) is 2. The second-order valence-electron chi connectivity index (χ2n) is 4.76. The SMILES string of the molecule is CCCC(CCC)CNCCNC(C)C. The van der Waals surface area contributed by atoms with Gasteiger partial charge in [-0.25, -0.2) is 0 Å². The molecule has 2 heteroatoms. The summed E-state index contributed by atoms with van der Waals surface area (Å²) in [5, 5.41) is 6.97. The minimum atomic E-state index is 0.605. The molecule has 0 bridgehead atoms. The van der Waals surface area contributed by atoms with Gasteiger partial charge in [0.25, 0.3) is 0 Å². The van der Waals surface area contributed by atoms with E-state index in [4.69, 9.17) is 0 Å². The van der Waals surface area contributed by atoms with Crippen LogP contribution in [-0.4, -0.2) is 25.7 Å². The van der Waals surface area contributed by atoms with Crippen LogP contribution in [0.1, 0.15) is 53.4 Å². The molecule has 0 aliphatic carbocycles. The monoisotopic (exact) mass is 214 g/mol. The van der Waals surface area contributed by atoms with E-state index in [0.29, 0.717) is 6.04 Å². The molecule has 0 aromatic rings. The molecule has 0 atom stereocenters. The zero-order valence-corrected chi connectivity index (χ0v) is 11.1. The topological polar surface area (TPSA) is 24.1 Å². The van der Waals surface area contributed by atoms with E-state index in [-0.39, 0.29) is 0 Å². The summed E-state index contributed by atoms with van der Waals surface area (Å²) >= 11 is 0. The molecule has 0 unspecified atom stereocenters. The van der Waals surface area contributed by atoms with E-state index in [9.17, 15) is 0 Å². The van der Waals surface area contributed by atoms with Crippen LogP contribution in [-0.2, 0) is 0 Å². The highest BCUT2D eigenvalue weighted by Crippen LogP contribution is 2.11. The number of nitrogens with one attached hydrogen (secondary N) is 2. The Morgan fingerprint density at radius 3 is 2.00 bits per heavy atom. The molecule has 0 saturated carbocycles. The van der Waals surface area contributed by atoms with Gasteiger partial charge in [-0.05, 0) is 25.3 Å². The molecule has 0 aromatic heterocycles. The molecular weight excluding hydrogens is 184 g/mol. The average molecular weight is 214 g/mol. The molecule has 0 fully saturated rings. The second kappa shape index (κ2) is 10.4. The Bertz CT molecular complexity index is 118. The predicted molar refractivity (Wildman–Crippen MR) is 69.3 cm³/mol. The van der Waals surface area contributed by atoms with Gasteiger partial charge in [0.1, 0.15) is 0 Å². The van der Waals surface area contributed by atoms with Gasteiger partial charge in [0, 0.05) is 19.1 Å². The Kier molecular flexibility index (Phi) is 10.4. The minimum Gasteiger partial charge on any atom is -0.315 e. The number of hydrogen-bond acceptors (Lipinski definition) is 2. The molecule has 0 spiro atoms. The van der Waals surface area contributed by atoms with Crippen molar-refractivity contribution in [2.24, 2.45) is 5.92 Å². The molecule has 0 saturated heterocycles. The smallest absolute Gasteiger partial charge is 0.00790 e. The van der Waals surface area contributed by atoms with E-state index in [1.807, 2.05) is 0 Å². The molecule has 92 valence electrons. The molecule has 0 aromatic carbocycles. The first-order chi connectivity index (χ1) is 7.20. The third-order valence-electron chi connectivity index (χ3n) is 2.68. The van der Waals surface area contributed by atoms with Crippen LogP contribution in [0.3, 0.4) is 0 Å². The van der Waals surface area contributed by atoms with Gasteiger partial charge >= 0.3 is 0 Å². The van der Waals surface area contributed by atoms with Crippen LogP contribution in [0, 0.1) is 5.92 Å². The quantitative estimate of drug-likeness (QED) is 0.546. The van der Waals surface area contributed by atoms with Crippen molar-refractivity contribution in [1.29, 1.82) is 0 Å². The van der Waals surface area contributed by atoms with Gasteiger partial charge in [-0.2, -0.15) is 0 Å². The molecular formula is C13H30N2. The fourth-order valence-electron chi connectivity index (χ4n) is 1.92. The molecule has 2 nitrogen and oxygen atoms in total. The lowest BCUT2D eigenvalue weighted by atomic mass is 9.98. The maximum absolute atomic E-state index is 3.55. The van der Waals surface area contributed by atoms with Gasteiger partial charge in [0.15, 0.2) is 0 Å². The maximum atomic E-state index is 3.55. The summed E-state index contributed by atoms with van der Waals surface area (Å²) in [4.78, 5) is 0. The normalized spacial score (nSPS) is 11.6. The average Bonchev–Trinajstić information content (AvgIpc) is 2.17. The van der Waals surface area contributed by atoms with Gasteiger partial charge in [0.2, 0.25) is 0 Å². The lowest BCUT2D eigenvalue weighted by Gasteiger charge is -2.16. The molecule has 2 N–H and O–H groups in total. The summed E-state index contributed by atoms with van der Waals surface area (Å²) in [5.74, 6) is 0.888. The third-order valence-corrected chi connectivity index (χ3v) is 2.68. The Hall–Kier alpha value is -0.0800. The van der Waals surface area contributed by atoms with Crippen molar-refractivity contribution < 1.29 is 0 Å². The zero-order chi connectivity index (χ0) is 11.5. The van der Waals surface area contributed by atoms with E-state index in [0.717, 1.165) is 19.0 Å². The van der Waals surface area contributed by atoms with E-state index in [2.05, 4.69) is 38.3 Å². The van der Waals surface area contributed by atoms with Crippen molar-refractivity contribution in [2.45, 2.75) is 59.4 Å². The molecule has 0 amide bonds. The van der Waals surface area contributed by atoms with Crippen molar-refractivity contribution in [1.82, 2.24) is 10.6 Å². The fraction of sp³-hybridized carbons (Fsp3) is 1.00. The van der Waals surface area contributed by atoms with Crippen molar-refractivity contribution in [3.05, 3.63) is 0 Å². The van der Waals surface area contributed by atoms with Crippen molar-refractivity contribution in [3.8, 4) is 0 Å². The molecule has 0 aliphatic heterocycles. The van der Waals surface area contributed by atoms with Crippen molar-refractivity contribution >= 4 is 0 Å². The molecule has 15 heavy (non-hydrogen) atoms. The highest BCUT2D eigenvalue weighted by Gasteiger charge is 2.05. The van der Waals surface area contributed by atoms with Gasteiger partial charge < -0.3 is 10.6 Å². The Morgan fingerprint density at radius 1 is 0.933 bits per heavy atom. The van der Waals surface area contributed by atoms with Crippen LogP contribution in [0.25, 0.3) is 0 Å². The van der Waals surface area contributed by atoms with Gasteiger partial charge in [0.05, 0.1) is 0 Å². The first-order valence-electron chi connectivity index (χ1n) is 6.64. The van der Waals surface area contributed by atoms with Gasteiger partial charge in [-0.15, -0.1) is 0 Å². The van der Waals surface area contributed by atoms with Gasteiger partial charge in [-0.3, -0.25) is 0 Å². The van der Waals surface area contributed by atoms with E-state index in [1.165, 1.54) is 32.2 Å². The van der Waals surface area contributed by atoms with E-state index < -0.39 is 0 Å².